The predicted molar refractivity (Wildman–Crippen MR) is 82.0 cm³/mol. The van der Waals surface area contributed by atoms with Gasteiger partial charge in [-0.25, -0.2) is 12.7 Å². The Morgan fingerprint density at radius 2 is 2.05 bits per heavy atom. The molecule has 2 aliphatic carbocycles. The molecular weight excluding hydrogens is 286 g/mol. The van der Waals surface area contributed by atoms with Crippen molar-refractivity contribution < 1.29 is 13.2 Å². The first-order chi connectivity index (χ1) is 9.67. The third kappa shape index (κ3) is 1.79. The molecule has 4 atom stereocenters. The molecule has 1 heterocycles. The molecule has 3 aliphatic rings. The van der Waals surface area contributed by atoms with Crippen LogP contribution < -0.4 is 0 Å². The number of amides is 1. The summed E-state index contributed by atoms with van der Waals surface area (Å²) in [5.74, 6) is 0.387. The van der Waals surface area contributed by atoms with Crippen molar-refractivity contribution in [1.29, 1.82) is 0 Å². The Balaban J connectivity index is 1.99. The van der Waals surface area contributed by atoms with E-state index in [9.17, 15) is 13.2 Å². The molecule has 3 fully saturated rings. The number of fused-ring (bicyclic) bond motifs is 1. The molecule has 0 aromatic heterocycles. The van der Waals surface area contributed by atoms with Crippen LogP contribution in [0.4, 0.5) is 0 Å². The predicted octanol–water partition coefficient (Wildman–Crippen LogP) is 2.79. The van der Waals surface area contributed by atoms with E-state index in [1.807, 2.05) is 13.8 Å². The summed E-state index contributed by atoms with van der Waals surface area (Å²) >= 11 is 0. The minimum Gasteiger partial charge on any atom is -0.273 e. The van der Waals surface area contributed by atoms with Crippen LogP contribution >= 0.6 is 0 Å². The fourth-order valence-corrected chi connectivity index (χ4v) is 7.98. The second-order valence-electron chi connectivity index (χ2n) is 7.94. The highest BCUT2D eigenvalue weighted by Crippen LogP contribution is 2.70. The molecule has 0 N–H and O–H groups in total. The molecule has 4 nitrogen and oxygen atoms in total. The SMILES string of the molecule is CCC[C@H](C)C(=O)N1[C@@H]2C[C@H]3CC[C@@]2(CS1(=O)=O)C3(C)C. The lowest BCUT2D eigenvalue weighted by Gasteiger charge is -2.37. The van der Waals surface area contributed by atoms with E-state index in [2.05, 4.69) is 13.8 Å². The Morgan fingerprint density at radius 3 is 2.62 bits per heavy atom. The van der Waals surface area contributed by atoms with E-state index in [0.717, 1.165) is 32.1 Å². The molecule has 0 radical (unpaired) electrons. The number of carbonyl (C=O) groups is 1. The van der Waals surface area contributed by atoms with Gasteiger partial charge in [0.25, 0.3) is 0 Å². The van der Waals surface area contributed by atoms with Crippen LogP contribution in [0.2, 0.25) is 0 Å². The maximum Gasteiger partial charge on any atom is 0.239 e. The van der Waals surface area contributed by atoms with E-state index in [1.54, 1.807) is 0 Å². The van der Waals surface area contributed by atoms with Crippen LogP contribution in [0.25, 0.3) is 0 Å². The molecule has 5 heteroatoms. The van der Waals surface area contributed by atoms with Crippen LogP contribution in [0.15, 0.2) is 0 Å². The first-order valence-electron chi connectivity index (χ1n) is 8.23. The third-order valence-corrected chi connectivity index (χ3v) is 8.69. The smallest absolute Gasteiger partial charge is 0.239 e. The lowest BCUT2D eigenvalue weighted by atomic mass is 9.69. The Morgan fingerprint density at radius 1 is 1.38 bits per heavy atom. The maximum atomic E-state index is 12.7. The van der Waals surface area contributed by atoms with Crippen molar-refractivity contribution in [3.63, 3.8) is 0 Å². The minimum atomic E-state index is -3.44. The Bertz CT molecular complexity index is 568. The van der Waals surface area contributed by atoms with Crippen LogP contribution in [-0.2, 0) is 14.8 Å². The van der Waals surface area contributed by atoms with Gasteiger partial charge in [-0.05, 0) is 37.0 Å². The van der Waals surface area contributed by atoms with Crippen LogP contribution in [0.3, 0.4) is 0 Å². The molecule has 120 valence electrons. The quantitative estimate of drug-likeness (QED) is 0.805. The van der Waals surface area contributed by atoms with Gasteiger partial charge in [0.05, 0.1) is 11.8 Å². The fraction of sp³-hybridized carbons (Fsp3) is 0.938. The summed E-state index contributed by atoms with van der Waals surface area (Å²) in [6.45, 7) is 8.32. The Hall–Kier alpha value is -0.580. The van der Waals surface area contributed by atoms with Crippen LogP contribution in [0.1, 0.15) is 59.8 Å². The maximum absolute atomic E-state index is 12.7. The highest BCUT2D eigenvalue weighted by Gasteiger charge is 2.72. The van der Waals surface area contributed by atoms with Crippen molar-refractivity contribution in [2.45, 2.75) is 65.8 Å². The molecule has 2 bridgehead atoms. The third-order valence-electron chi connectivity index (χ3n) is 6.77. The van der Waals surface area contributed by atoms with Crippen LogP contribution in [0.5, 0.6) is 0 Å². The van der Waals surface area contributed by atoms with Gasteiger partial charge in [0.1, 0.15) is 0 Å². The molecule has 1 spiro atoms. The Kier molecular flexibility index (Phi) is 3.26. The second-order valence-corrected chi connectivity index (χ2v) is 9.79. The van der Waals surface area contributed by atoms with E-state index in [1.165, 1.54) is 4.31 Å². The number of nitrogens with zero attached hydrogens (tertiary/aromatic N) is 1. The molecule has 2 saturated carbocycles. The van der Waals surface area contributed by atoms with E-state index >= 15 is 0 Å². The zero-order valence-electron chi connectivity index (χ0n) is 13.6. The van der Waals surface area contributed by atoms with E-state index in [0.29, 0.717) is 5.92 Å². The summed E-state index contributed by atoms with van der Waals surface area (Å²) in [6, 6.07) is -0.0805. The molecule has 1 saturated heterocycles. The van der Waals surface area contributed by atoms with Gasteiger partial charge in [0, 0.05) is 11.3 Å². The lowest BCUT2D eigenvalue weighted by Crippen LogP contribution is -2.45. The van der Waals surface area contributed by atoms with Gasteiger partial charge in [-0.15, -0.1) is 0 Å². The van der Waals surface area contributed by atoms with Gasteiger partial charge in [0.15, 0.2) is 0 Å². The number of rotatable bonds is 3. The monoisotopic (exact) mass is 313 g/mol. The summed E-state index contributed by atoms with van der Waals surface area (Å²) in [6.07, 6.45) is 4.62. The number of sulfonamides is 1. The first-order valence-corrected chi connectivity index (χ1v) is 9.84. The average Bonchev–Trinajstić information content (AvgIpc) is 2.85. The van der Waals surface area contributed by atoms with Crippen molar-refractivity contribution in [2.24, 2.45) is 22.7 Å². The van der Waals surface area contributed by atoms with Gasteiger partial charge in [-0.1, -0.05) is 34.1 Å². The van der Waals surface area contributed by atoms with Crippen LogP contribution in [-0.4, -0.2) is 30.4 Å². The first kappa shape index (κ1) is 15.3. The van der Waals surface area contributed by atoms with E-state index in [-0.39, 0.29) is 34.4 Å². The standard InChI is InChI=1S/C16H27NO3S/c1-5-6-11(2)14(18)17-13-9-12-7-8-16(13,15(12,3)4)10-21(17,19)20/h11-13H,5-10H2,1-4H3/t11-,12+,13+,16-/m0/s1. The molecule has 21 heavy (non-hydrogen) atoms. The molecule has 3 rings (SSSR count). The lowest BCUT2D eigenvalue weighted by molar-refractivity contribution is -0.132. The van der Waals surface area contributed by atoms with Crippen molar-refractivity contribution >= 4 is 15.9 Å². The van der Waals surface area contributed by atoms with E-state index in [4.69, 9.17) is 0 Å². The van der Waals surface area contributed by atoms with Crippen LogP contribution in [0, 0.1) is 22.7 Å². The normalized spacial score (nSPS) is 40.3. The van der Waals surface area contributed by atoms with Crippen molar-refractivity contribution in [3.8, 4) is 0 Å². The summed E-state index contributed by atoms with van der Waals surface area (Å²) in [5.41, 5.74) is -0.161. The summed E-state index contributed by atoms with van der Waals surface area (Å²) in [5, 5.41) is 0. The largest absolute Gasteiger partial charge is 0.273 e. The molecule has 0 aromatic rings. The molecule has 1 amide bonds. The van der Waals surface area contributed by atoms with Gasteiger partial charge < -0.3 is 0 Å². The summed E-state index contributed by atoms with van der Waals surface area (Å²) < 4.78 is 26.7. The van der Waals surface area contributed by atoms with Gasteiger partial charge in [0.2, 0.25) is 15.9 Å². The van der Waals surface area contributed by atoms with E-state index < -0.39 is 10.0 Å². The molecule has 0 unspecified atom stereocenters. The number of hydrogen-bond donors (Lipinski definition) is 0. The topological polar surface area (TPSA) is 54.5 Å². The van der Waals surface area contributed by atoms with Crippen molar-refractivity contribution in [2.75, 3.05) is 5.75 Å². The molecule has 0 aromatic carbocycles. The fourth-order valence-electron chi connectivity index (χ4n) is 5.35. The summed E-state index contributed by atoms with van der Waals surface area (Å²) in [4.78, 5) is 12.7. The minimum absolute atomic E-state index is 0.0355. The van der Waals surface area contributed by atoms with Gasteiger partial charge in [-0.3, -0.25) is 4.79 Å². The second kappa shape index (κ2) is 4.46. The zero-order valence-corrected chi connectivity index (χ0v) is 14.4. The highest BCUT2D eigenvalue weighted by molar-refractivity contribution is 7.90. The Labute approximate surface area is 128 Å². The van der Waals surface area contributed by atoms with Crippen molar-refractivity contribution in [3.05, 3.63) is 0 Å². The number of carbonyl (C=O) groups excluding carboxylic acids is 1. The molecule has 1 aliphatic heterocycles. The zero-order chi connectivity index (χ0) is 15.6. The molecular formula is C16H27NO3S. The highest BCUT2D eigenvalue weighted by atomic mass is 32.2. The van der Waals surface area contributed by atoms with Gasteiger partial charge in [-0.2, -0.15) is 0 Å². The summed E-state index contributed by atoms with van der Waals surface area (Å²) in [7, 11) is -3.44. The van der Waals surface area contributed by atoms with Gasteiger partial charge >= 0.3 is 0 Å². The number of hydrogen-bond acceptors (Lipinski definition) is 3. The average molecular weight is 313 g/mol. The van der Waals surface area contributed by atoms with Crippen molar-refractivity contribution in [1.82, 2.24) is 4.31 Å².